The Hall–Kier alpha value is -1.89. The van der Waals surface area contributed by atoms with Crippen LogP contribution in [0, 0.1) is 12.3 Å². The molecule has 0 aliphatic carbocycles. The normalized spacial score (nSPS) is 20.6. The zero-order valence-corrected chi connectivity index (χ0v) is 18.6. The van der Waals surface area contributed by atoms with Crippen molar-refractivity contribution in [3.8, 4) is 0 Å². The van der Waals surface area contributed by atoms with Gasteiger partial charge in [-0.25, -0.2) is 4.99 Å². The molecule has 1 fully saturated rings. The van der Waals surface area contributed by atoms with Gasteiger partial charge in [-0.05, 0) is 49.5 Å². The van der Waals surface area contributed by atoms with Crippen LogP contribution >= 0.6 is 11.3 Å². The lowest BCUT2D eigenvalue weighted by molar-refractivity contribution is 0.142. The fourth-order valence-electron chi connectivity index (χ4n) is 4.06. The van der Waals surface area contributed by atoms with E-state index in [0.717, 1.165) is 43.7 Å². The van der Waals surface area contributed by atoms with Crippen molar-refractivity contribution < 1.29 is 0 Å². The van der Waals surface area contributed by atoms with Crippen molar-refractivity contribution in [2.24, 2.45) is 17.5 Å². The second kappa shape index (κ2) is 9.54. The molecule has 6 nitrogen and oxygen atoms in total. The Labute approximate surface area is 173 Å². The average molecular weight is 403 g/mol. The van der Waals surface area contributed by atoms with Crippen molar-refractivity contribution in [3.63, 3.8) is 0 Å². The van der Waals surface area contributed by atoms with Gasteiger partial charge in [0.1, 0.15) is 12.4 Å². The molecular weight excluding hydrogens is 368 g/mol. The molecule has 2 aromatic rings. The Kier molecular flexibility index (Phi) is 7.10. The first-order chi connectivity index (χ1) is 13.5. The maximum atomic E-state index is 4.95. The Morgan fingerprint density at radius 1 is 1.39 bits per heavy atom. The van der Waals surface area contributed by atoms with Gasteiger partial charge in [0.2, 0.25) is 0 Å². The second-order valence-electron chi connectivity index (χ2n) is 8.20. The van der Waals surface area contributed by atoms with Crippen LogP contribution < -0.4 is 5.32 Å². The minimum Gasteiger partial charge on any atom is -0.356 e. The van der Waals surface area contributed by atoms with Crippen LogP contribution in [0.2, 0.25) is 0 Å². The van der Waals surface area contributed by atoms with Crippen molar-refractivity contribution >= 4 is 17.3 Å². The van der Waals surface area contributed by atoms with Gasteiger partial charge in [0.25, 0.3) is 0 Å². The molecule has 0 bridgehead atoms. The third-order valence-corrected chi connectivity index (χ3v) is 6.66. The van der Waals surface area contributed by atoms with E-state index in [2.05, 4.69) is 51.8 Å². The van der Waals surface area contributed by atoms with Crippen LogP contribution in [-0.4, -0.2) is 45.3 Å². The van der Waals surface area contributed by atoms with E-state index in [-0.39, 0.29) is 0 Å². The highest BCUT2D eigenvalue weighted by molar-refractivity contribution is 7.09. The minimum atomic E-state index is 0.380. The number of thiophene rings is 1. The molecule has 1 unspecified atom stereocenters. The van der Waals surface area contributed by atoms with E-state index in [0.29, 0.717) is 12.0 Å². The zero-order chi connectivity index (χ0) is 20.0. The Bertz CT molecular complexity index is 762. The average Bonchev–Trinajstić information content (AvgIpc) is 3.29. The molecule has 28 heavy (non-hydrogen) atoms. The van der Waals surface area contributed by atoms with Crippen LogP contribution in [0.1, 0.15) is 56.1 Å². The van der Waals surface area contributed by atoms with Crippen LogP contribution in [0.3, 0.4) is 0 Å². The quantitative estimate of drug-likeness (QED) is 0.566. The maximum absolute atomic E-state index is 4.95. The van der Waals surface area contributed by atoms with Crippen molar-refractivity contribution in [1.82, 2.24) is 25.0 Å². The van der Waals surface area contributed by atoms with E-state index in [9.17, 15) is 0 Å². The molecule has 1 aliphatic rings. The number of nitrogens with one attached hydrogen (secondary N) is 1. The van der Waals surface area contributed by atoms with Crippen molar-refractivity contribution in [2.75, 3.05) is 19.6 Å². The molecule has 3 heterocycles. The van der Waals surface area contributed by atoms with E-state index < -0.39 is 0 Å². The highest BCUT2D eigenvalue weighted by atomic mass is 32.1. The highest BCUT2D eigenvalue weighted by Crippen LogP contribution is 2.34. The van der Waals surface area contributed by atoms with Gasteiger partial charge in [-0.2, -0.15) is 0 Å². The molecule has 0 radical (unpaired) electrons. The number of aryl methyl sites for hydroxylation is 1. The van der Waals surface area contributed by atoms with E-state index >= 15 is 0 Å². The summed E-state index contributed by atoms with van der Waals surface area (Å²) in [4.78, 5) is 8.81. The number of guanidine groups is 1. The molecule has 1 saturated heterocycles. The zero-order valence-electron chi connectivity index (χ0n) is 17.7. The first-order valence-corrected chi connectivity index (χ1v) is 11.3. The molecule has 7 heteroatoms. The molecule has 0 aromatic carbocycles. The van der Waals surface area contributed by atoms with Crippen LogP contribution in [-0.2, 0) is 20.0 Å². The standard InChI is InChI=1S/C21H34N6S/c1-5-10-21(3)11-7-13-27(16-21)20(22-12-9-18-8-6-14-28-18)23-15-19-25-24-17(2)26(19)4/h6,8,14H,5,7,9-13,15-16H2,1-4H3,(H,22,23). The number of likely N-dealkylation sites (tertiary alicyclic amines) is 1. The minimum absolute atomic E-state index is 0.380. The largest absolute Gasteiger partial charge is 0.356 e. The van der Waals surface area contributed by atoms with Gasteiger partial charge in [0.15, 0.2) is 11.8 Å². The van der Waals surface area contributed by atoms with Gasteiger partial charge in [-0.1, -0.05) is 26.3 Å². The Morgan fingerprint density at radius 3 is 2.93 bits per heavy atom. The van der Waals surface area contributed by atoms with Crippen LogP contribution in [0.5, 0.6) is 0 Å². The summed E-state index contributed by atoms with van der Waals surface area (Å²) in [6, 6.07) is 4.32. The Morgan fingerprint density at radius 2 is 2.25 bits per heavy atom. The highest BCUT2D eigenvalue weighted by Gasteiger charge is 2.31. The van der Waals surface area contributed by atoms with Gasteiger partial charge in [0.05, 0.1) is 0 Å². The van der Waals surface area contributed by atoms with E-state index in [1.54, 1.807) is 0 Å². The number of hydrogen-bond donors (Lipinski definition) is 1. The van der Waals surface area contributed by atoms with Gasteiger partial charge in [-0.15, -0.1) is 21.5 Å². The van der Waals surface area contributed by atoms with Crippen LogP contribution in [0.25, 0.3) is 0 Å². The second-order valence-corrected chi connectivity index (χ2v) is 9.24. The summed E-state index contributed by atoms with van der Waals surface area (Å²) in [5, 5.41) is 14.2. The first kappa shape index (κ1) is 20.8. The fourth-order valence-corrected chi connectivity index (χ4v) is 4.77. The first-order valence-electron chi connectivity index (χ1n) is 10.4. The number of aromatic nitrogens is 3. The van der Waals surface area contributed by atoms with Gasteiger partial charge in [-0.3, -0.25) is 0 Å². The molecule has 2 aromatic heterocycles. The van der Waals surface area contributed by atoms with Gasteiger partial charge >= 0.3 is 0 Å². The molecule has 1 aliphatic heterocycles. The van der Waals surface area contributed by atoms with Crippen LogP contribution in [0.4, 0.5) is 0 Å². The topological polar surface area (TPSA) is 58.3 Å². The third kappa shape index (κ3) is 5.34. The van der Waals surface area contributed by atoms with Crippen molar-refractivity contribution in [1.29, 1.82) is 0 Å². The monoisotopic (exact) mass is 402 g/mol. The number of nitrogens with zero attached hydrogens (tertiary/aromatic N) is 5. The molecular formula is C21H34N6S. The lowest BCUT2D eigenvalue weighted by atomic mass is 9.78. The number of aliphatic imine (C=N–C) groups is 1. The molecule has 3 rings (SSSR count). The number of hydrogen-bond acceptors (Lipinski definition) is 4. The predicted octanol–water partition coefficient (Wildman–Crippen LogP) is 3.78. The lowest BCUT2D eigenvalue weighted by Gasteiger charge is -2.42. The Balaban J connectivity index is 1.71. The van der Waals surface area contributed by atoms with Gasteiger partial charge < -0.3 is 14.8 Å². The summed E-state index contributed by atoms with van der Waals surface area (Å²) in [6.07, 6.45) is 6.07. The van der Waals surface area contributed by atoms with Gasteiger partial charge in [0, 0.05) is 31.6 Å². The summed E-state index contributed by atoms with van der Waals surface area (Å²) in [5.74, 6) is 2.84. The number of rotatable bonds is 7. The number of piperidine rings is 1. The molecule has 0 spiro atoms. The summed E-state index contributed by atoms with van der Waals surface area (Å²) >= 11 is 1.82. The molecule has 0 saturated carbocycles. The molecule has 1 atom stereocenters. The third-order valence-electron chi connectivity index (χ3n) is 5.72. The van der Waals surface area contributed by atoms with Crippen molar-refractivity contribution in [2.45, 2.75) is 59.4 Å². The summed E-state index contributed by atoms with van der Waals surface area (Å²) in [7, 11) is 2.00. The smallest absolute Gasteiger partial charge is 0.194 e. The van der Waals surface area contributed by atoms with E-state index in [1.165, 1.54) is 30.6 Å². The summed E-state index contributed by atoms with van der Waals surface area (Å²) in [5.41, 5.74) is 0.380. The molecule has 154 valence electrons. The molecule has 0 amide bonds. The SMILES string of the molecule is CCCC1(C)CCCN(C(=NCc2nnc(C)n2C)NCCc2cccs2)C1. The fraction of sp³-hybridized carbons (Fsp3) is 0.667. The lowest BCUT2D eigenvalue weighted by Crippen LogP contribution is -2.50. The summed E-state index contributed by atoms with van der Waals surface area (Å²) < 4.78 is 2.02. The molecule has 1 N–H and O–H groups in total. The van der Waals surface area contributed by atoms with E-state index in [4.69, 9.17) is 4.99 Å². The predicted molar refractivity (Wildman–Crippen MR) is 117 cm³/mol. The van der Waals surface area contributed by atoms with Crippen LogP contribution in [0.15, 0.2) is 22.5 Å². The van der Waals surface area contributed by atoms with Crippen molar-refractivity contribution in [3.05, 3.63) is 34.0 Å². The summed E-state index contributed by atoms with van der Waals surface area (Å²) in [6.45, 7) is 10.3. The maximum Gasteiger partial charge on any atom is 0.194 e. The van der Waals surface area contributed by atoms with E-state index in [1.807, 2.05) is 29.9 Å².